The van der Waals surface area contributed by atoms with E-state index < -0.39 is 10.0 Å². The van der Waals surface area contributed by atoms with Gasteiger partial charge in [0, 0.05) is 6.07 Å². The van der Waals surface area contributed by atoms with Crippen molar-refractivity contribution in [2.45, 2.75) is 4.90 Å². The van der Waals surface area contributed by atoms with Gasteiger partial charge >= 0.3 is 0 Å². The Bertz CT molecular complexity index is 929. The number of nitrogens with zero attached hydrogens (tertiary/aromatic N) is 1. The monoisotopic (exact) mass is 395 g/mol. The summed E-state index contributed by atoms with van der Waals surface area (Å²) in [5.41, 5.74) is 0.445. The molecule has 26 heavy (non-hydrogen) atoms. The average Bonchev–Trinajstić information content (AvgIpc) is 2.65. The number of ether oxygens (including phenoxy) is 3. The molecule has 0 N–H and O–H groups in total. The molecule has 6 nitrogen and oxygen atoms in total. The Kier molecular flexibility index (Phi) is 5.29. The maximum Gasteiger partial charge on any atom is 0.264 e. The van der Waals surface area contributed by atoms with E-state index in [0.29, 0.717) is 36.1 Å². The second kappa shape index (κ2) is 7.47. The van der Waals surface area contributed by atoms with Gasteiger partial charge < -0.3 is 14.2 Å². The zero-order chi connectivity index (χ0) is 18.7. The van der Waals surface area contributed by atoms with Gasteiger partial charge in [0.05, 0.1) is 29.3 Å². The molecule has 138 valence electrons. The first-order valence-corrected chi connectivity index (χ1v) is 9.66. The Labute approximate surface area is 157 Å². The van der Waals surface area contributed by atoms with E-state index in [1.54, 1.807) is 18.2 Å². The normalized spacial score (nSPS) is 13.2. The number of hydrogen-bond acceptors (Lipinski definition) is 5. The summed E-state index contributed by atoms with van der Waals surface area (Å²) in [5, 5.41) is 0.217. The summed E-state index contributed by atoms with van der Waals surface area (Å²) < 4.78 is 43.6. The van der Waals surface area contributed by atoms with Crippen LogP contribution in [0.2, 0.25) is 5.02 Å². The third kappa shape index (κ3) is 3.45. The summed E-state index contributed by atoms with van der Waals surface area (Å²) in [4.78, 5) is 0.0556. The molecule has 1 aliphatic heterocycles. The zero-order valence-electron chi connectivity index (χ0n) is 14.1. The molecule has 2 aromatic rings. The Morgan fingerprint density at radius 3 is 2.58 bits per heavy atom. The molecule has 0 amide bonds. The Morgan fingerprint density at radius 2 is 1.92 bits per heavy atom. The standard InChI is InChI=1S/C18H18ClNO5S/c1-3-8-20(13-4-6-17-18(11-13)25-10-9-24-17)26(21,22)14-5-7-16(23-2)15(19)12-14/h3-7,11-12H,1,8-10H2,2H3. The molecule has 0 bridgehead atoms. The molecule has 0 spiro atoms. The van der Waals surface area contributed by atoms with Crippen LogP contribution in [0.1, 0.15) is 0 Å². The second-order valence-electron chi connectivity index (χ2n) is 5.45. The lowest BCUT2D eigenvalue weighted by Gasteiger charge is -2.25. The molecule has 1 aliphatic rings. The van der Waals surface area contributed by atoms with Crippen LogP contribution < -0.4 is 18.5 Å². The van der Waals surface area contributed by atoms with Crippen LogP contribution in [0.3, 0.4) is 0 Å². The third-order valence-electron chi connectivity index (χ3n) is 3.82. The van der Waals surface area contributed by atoms with Crippen LogP contribution in [-0.4, -0.2) is 35.3 Å². The minimum Gasteiger partial charge on any atom is -0.495 e. The van der Waals surface area contributed by atoms with E-state index in [2.05, 4.69) is 6.58 Å². The molecule has 0 aliphatic carbocycles. The molecule has 0 aromatic heterocycles. The quantitative estimate of drug-likeness (QED) is 0.700. The predicted molar refractivity (Wildman–Crippen MR) is 100 cm³/mol. The first-order chi connectivity index (χ1) is 12.5. The number of halogens is 1. The predicted octanol–water partition coefficient (Wildman–Crippen LogP) is 3.50. The van der Waals surface area contributed by atoms with E-state index in [0.717, 1.165) is 0 Å². The highest BCUT2D eigenvalue weighted by Gasteiger charge is 2.26. The van der Waals surface area contributed by atoms with E-state index in [1.165, 1.54) is 35.7 Å². The molecule has 0 saturated carbocycles. The Balaban J connectivity index is 2.03. The van der Waals surface area contributed by atoms with Crippen LogP contribution >= 0.6 is 11.6 Å². The van der Waals surface area contributed by atoms with Gasteiger partial charge in [-0.3, -0.25) is 4.31 Å². The molecule has 0 fully saturated rings. The van der Waals surface area contributed by atoms with E-state index in [4.69, 9.17) is 25.8 Å². The number of methoxy groups -OCH3 is 1. The van der Waals surface area contributed by atoms with E-state index >= 15 is 0 Å². The molecule has 0 radical (unpaired) electrons. The number of fused-ring (bicyclic) bond motifs is 1. The Morgan fingerprint density at radius 1 is 1.19 bits per heavy atom. The molecule has 3 rings (SSSR count). The molecule has 2 aromatic carbocycles. The van der Waals surface area contributed by atoms with E-state index in [-0.39, 0.29) is 16.5 Å². The molecular formula is C18H18ClNO5S. The van der Waals surface area contributed by atoms with Crippen LogP contribution in [0.25, 0.3) is 0 Å². The van der Waals surface area contributed by atoms with Crippen LogP contribution in [0, 0.1) is 0 Å². The van der Waals surface area contributed by atoms with Gasteiger partial charge in [0.25, 0.3) is 10.0 Å². The molecule has 8 heteroatoms. The summed E-state index contributed by atoms with van der Waals surface area (Å²) in [6.45, 7) is 4.63. The highest BCUT2D eigenvalue weighted by atomic mass is 35.5. The Hall–Kier alpha value is -2.38. The van der Waals surface area contributed by atoms with Crippen LogP contribution in [-0.2, 0) is 10.0 Å². The number of rotatable bonds is 6. The van der Waals surface area contributed by atoms with E-state index in [1.807, 2.05) is 0 Å². The highest BCUT2D eigenvalue weighted by Crippen LogP contribution is 2.36. The minimum absolute atomic E-state index is 0.0556. The van der Waals surface area contributed by atoms with Gasteiger partial charge in [0.2, 0.25) is 0 Å². The summed E-state index contributed by atoms with van der Waals surface area (Å²) in [6.07, 6.45) is 1.51. The molecular weight excluding hydrogens is 378 g/mol. The maximum atomic E-state index is 13.1. The van der Waals surface area contributed by atoms with Gasteiger partial charge in [-0.25, -0.2) is 8.42 Å². The molecule has 0 atom stereocenters. The second-order valence-corrected chi connectivity index (χ2v) is 7.72. The van der Waals surface area contributed by atoms with Crippen molar-refractivity contribution < 1.29 is 22.6 Å². The van der Waals surface area contributed by atoms with Gasteiger partial charge in [-0.15, -0.1) is 6.58 Å². The van der Waals surface area contributed by atoms with Gasteiger partial charge in [0.15, 0.2) is 11.5 Å². The molecule has 0 unspecified atom stereocenters. The number of sulfonamides is 1. The fourth-order valence-corrected chi connectivity index (χ4v) is 4.36. The van der Waals surface area contributed by atoms with Crippen molar-refractivity contribution >= 4 is 27.3 Å². The van der Waals surface area contributed by atoms with Gasteiger partial charge in [-0.05, 0) is 30.3 Å². The average molecular weight is 396 g/mol. The lowest BCUT2D eigenvalue weighted by atomic mass is 10.2. The first-order valence-electron chi connectivity index (χ1n) is 7.84. The minimum atomic E-state index is -3.86. The number of hydrogen-bond donors (Lipinski definition) is 0. The van der Waals surface area contributed by atoms with Gasteiger partial charge in [-0.2, -0.15) is 0 Å². The van der Waals surface area contributed by atoms with Crippen molar-refractivity contribution in [3.05, 3.63) is 54.1 Å². The lowest BCUT2D eigenvalue weighted by Crippen LogP contribution is -2.31. The fourth-order valence-electron chi connectivity index (χ4n) is 2.58. The molecule has 1 heterocycles. The third-order valence-corrected chi connectivity index (χ3v) is 5.91. The lowest BCUT2D eigenvalue weighted by molar-refractivity contribution is 0.171. The smallest absolute Gasteiger partial charge is 0.264 e. The van der Waals surface area contributed by atoms with Crippen molar-refractivity contribution in [1.82, 2.24) is 0 Å². The van der Waals surface area contributed by atoms with Crippen molar-refractivity contribution in [2.75, 3.05) is 31.2 Å². The largest absolute Gasteiger partial charge is 0.495 e. The maximum absolute atomic E-state index is 13.1. The van der Waals surface area contributed by atoms with Crippen LogP contribution in [0.4, 0.5) is 5.69 Å². The SMILES string of the molecule is C=CCN(c1ccc2c(c1)OCCO2)S(=O)(=O)c1ccc(OC)c(Cl)c1. The van der Waals surface area contributed by atoms with Crippen molar-refractivity contribution in [3.8, 4) is 17.2 Å². The van der Waals surface area contributed by atoms with E-state index in [9.17, 15) is 8.42 Å². The zero-order valence-corrected chi connectivity index (χ0v) is 15.7. The van der Waals surface area contributed by atoms with Gasteiger partial charge in [0.1, 0.15) is 19.0 Å². The summed E-state index contributed by atoms with van der Waals surface area (Å²) >= 11 is 6.09. The topological polar surface area (TPSA) is 65.1 Å². The van der Waals surface area contributed by atoms with Crippen molar-refractivity contribution in [1.29, 1.82) is 0 Å². The highest BCUT2D eigenvalue weighted by molar-refractivity contribution is 7.92. The molecule has 0 saturated heterocycles. The summed E-state index contributed by atoms with van der Waals surface area (Å²) in [5.74, 6) is 1.49. The van der Waals surface area contributed by atoms with Crippen molar-refractivity contribution in [3.63, 3.8) is 0 Å². The number of benzene rings is 2. The van der Waals surface area contributed by atoms with Gasteiger partial charge in [-0.1, -0.05) is 17.7 Å². The number of anilines is 1. The van der Waals surface area contributed by atoms with Crippen LogP contribution in [0.15, 0.2) is 53.9 Å². The summed E-state index contributed by atoms with van der Waals surface area (Å²) in [6, 6.07) is 9.33. The first kappa shape index (κ1) is 18.4. The summed E-state index contributed by atoms with van der Waals surface area (Å²) in [7, 11) is -2.40. The van der Waals surface area contributed by atoms with Crippen molar-refractivity contribution in [2.24, 2.45) is 0 Å². The fraction of sp³-hybridized carbons (Fsp3) is 0.222. The van der Waals surface area contributed by atoms with Crippen LogP contribution in [0.5, 0.6) is 17.2 Å².